The van der Waals surface area contributed by atoms with Gasteiger partial charge in [0.1, 0.15) is 11.5 Å². The van der Waals surface area contributed by atoms with Crippen molar-refractivity contribution in [3.05, 3.63) is 48.5 Å². The zero-order chi connectivity index (χ0) is 17.5. The van der Waals surface area contributed by atoms with Crippen LogP contribution in [-0.4, -0.2) is 25.0 Å². The molecular formula is C18H20N2O4. The highest BCUT2D eigenvalue weighted by Crippen LogP contribution is 2.18. The molecule has 2 aromatic carbocycles. The molecule has 0 saturated carbocycles. The maximum Gasteiger partial charge on any atom is 0.265 e. The number of anilines is 2. The molecule has 0 aliphatic heterocycles. The van der Waals surface area contributed by atoms with Crippen LogP contribution in [0.15, 0.2) is 48.5 Å². The number of ether oxygens (including phenoxy) is 2. The fraction of sp³-hybridized carbons (Fsp3) is 0.222. The molecule has 0 bridgehead atoms. The molecular weight excluding hydrogens is 308 g/mol. The largest absolute Gasteiger partial charge is 0.497 e. The molecule has 0 saturated heterocycles. The van der Waals surface area contributed by atoms with Crippen molar-refractivity contribution in [3.8, 4) is 11.5 Å². The van der Waals surface area contributed by atoms with Crippen molar-refractivity contribution in [1.82, 2.24) is 0 Å². The standard InChI is InChI=1S/C18H20N2O4/c1-12(18(22)20-15-4-8-16(23-3)9-5-15)24-17-10-6-14(7-11-17)19-13(2)21/h4-12H,1-3H3,(H,19,21)(H,20,22). The molecule has 0 aliphatic rings. The van der Waals surface area contributed by atoms with E-state index in [1.807, 2.05) is 0 Å². The third kappa shape index (κ3) is 5.01. The number of rotatable bonds is 6. The van der Waals surface area contributed by atoms with Crippen LogP contribution in [0.2, 0.25) is 0 Å². The summed E-state index contributed by atoms with van der Waals surface area (Å²) in [6, 6.07) is 13.9. The van der Waals surface area contributed by atoms with E-state index in [1.165, 1.54) is 6.92 Å². The number of amides is 2. The molecule has 0 aromatic heterocycles. The van der Waals surface area contributed by atoms with Gasteiger partial charge in [-0.15, -0.1) is 0 Å². The van der Waals surface area contributed by atoms with Crippen molar-refractivity contribution in [2.24, 2.45) is 0 Å². The van der Waals surface area contributed by atoms with E-state index in [4.69, 9.17) is 9.47 Å². The van der Waals surface area contributed by atoms with Crippen molar-refractivity contribution in [2.75, 3.05) is 17.7 Å². The SMILES string of the molecule is COc1ccc(NC(=O)C(C)Oc2ccc(NC(C)=O)cc2)cc1. The van der Waals surface area contributed by atoms with Gasteiger partial charge in [-0.3, -0.25) is 9.59 Å². The van der Waals surface area contributed by atoms with E-state index in [9.17, 15) is 9.59 Å². The summed E-state index contributed by atoms with van der Waals surface area (Å²) >= 11 is 0. The molecule has 1 unspecified atom stereocenters. The molecule has 1 atom stereocenters. The van der Waals surface area contributed by atoms with Crippen LogP contribution < -0.4 is 20.1 Å². The molecule has 0 heterocycles. The van der Waals surface area contributed by atoms with E-state index in [2.05, 4.69) is 10.6 Å². The molecule has 2 N–H and O–H groups in total. The molecule has 2 rings (SSSR count). The van der Waals surface area contributed by atoms with Crippen molar-refractivity contribution in [2.45, 2.75) is 20.0 Å². The molecule has 0 radical (unpaired) electrons. The van der Waals surface area contributed by atoms with Crippen LogP contribution in [0.1, 0.15) is 13.8 Å². The number of carbonyl (C=O) groups excluding carboxylic acids is 2. The Hall–Kier alpha value is -3.02. The summed E-state index contributed by atoms with van der Waals surface area (Å²) in [5, 5.41) is 5.44. The average molecular weight is 328 g/mol. The smallest absolute Gasteiger partial charge is 0.265 e. The summed E-state index contributed by atoms with van der Waals surface area (Å²) in [7, 11) is 1.58. The number of benzene rings is 2. The minimum Gasteiger partial charge on any atom is -0.497 e. The Labute approximate surface area is 140 Å². The summed E-state index contributed by atoms with van der Waals surface area (Å²) in [4.78, 5) is 23.1. The predicted molar refractivity (Wildman–Crippen MR) is 92.5 cm³/mol. The average Bonchev–Trinajstić information content (AvgIpc) is 2.56. The van der Waals surface area contributed by atoms with E-state index in [1.54, 1.807) is 62.6 Å². The number of hydrogen-bond acceptors (Lipinski definition) is 4. The summed E-state index contributed by atoms with van der Waals surface area (Å²) in [5.41, 5.74) is 1.34. The topological polar surface area (TPSA) is 76.7 Å². The van der Waals surface area contributed by atoms with Gasteiger partial charge in [0.15, 0.2) is 6.10 Å². The third-order valence-corrected chi connectivity index (χ3v) is 3.21. The fourth-order valence-electron chi connectivity index (χ4n) is 2.00. The first-order valence-corrected chi connectivity index (χ1v) is 7.47. The van der Waals surface area contributed by atoms with Gasteiger partial charge in [-0.05, 0) is 55.5 Å². The molecule has 24 heavy (non-hydrogen) atoms. The predicted octanol–water partition coefficient (Wildman–Crippen LogP) is 3.06. The molecule has 126 valence electrons. The second kappa shape index (κ2) is 8.01. The van der Waals surface area contributed by atoms with Gasteiger partial charge in [0.2, 0.25) is 5.91 Å². The van der Waals surface area contributed by atoms with Crippen molar-refractivity contribution >= 4 is 23.2 Å². The van der Waals surface area contributed by atoms with Crippen LogP contribution in [0.25, 0.3) is 0 Å². The third-order valence-electron chi connectivity index (χ3n) is 3.21. The van der Waals surface area contributed by atoms with Gasteiger partial charge in [0, 0.05) is 18.3 Å². The van der Waals surface area contributed by atoms with Gasteiger partial charge >= 0.3 is 0 Å². The molecule has 0 spiro atoms. The molecule has 6 heteroatoms. The summed E-state index contributed by atoms with van der Waals surface area (Å²) < 4.78 is 10.7. The van der Waals surface area contributed by atoms with Gasteiger partial charge in [-0.25, -0.2) is 0 Å². The van der Waals surface area contributed by atoms with Gasteiger partial charge in [0.05, 0.1) is 7.11 Å². The monoisotopic (exact) mass is 328 g/mol. The Bertz CT molecular complexity index is 696. The molecule has 2 amide bonds. The number of methoxy groups -OCH3 is 1. The maximum atomic E-state index is 12.2. The Balaban J connectivity index is 1.91. The Morgan fingerprint density at radius 3 is 1.88 bits per heavy atom. The van der Waals surface area contributed by atoms with Crippen molar-refractivity contribution < 1.29 is 19.1 Å². The van der Waals surface area contributed by atoms with Crippen LogP contribution in [0.3, 0.4) is 0 Å². The lowest BCUT2D eigenvalue weighted by Gasteiger charge is -2.15. The van der Waals surface area contributed by atoms with E-state index in [-0.39, 0.29) is 11.8 Å². The highest BCUT2D eigenvalue weighted by molar-refractivity contribution is 5.94. The minimum atomic E-state index is -0.668. The molecule has 0 aliphatic carbocycles. The quantitative estimate of drug-likeness (QED) is 0.854. The molecule has 2 aromatic rings. The Morgan fingerprint density at radius 1 is 0.875 bits per heavy atom. The maximum absolute atomic E-state index is 12.2. The Kier molecular flexibility index (Phi) is 5.78. The van der Waals surface area contributed by atoms with Crippen LogP contribution in [-0.2, 0) is 9.59 Å². The second-order valence-electron chi connectivity index (χ2n) is 5.18. The van der Waals surface area contributed by atoms with Gasteiger partial charge < -0.3 is 20.1 Å². The number of nitrogens with one attached hydrogen (secondary N) is 2. The fourth-order valence-corrected chi connectivity index (χ4v) is 2.00. The number of hydrogen-bond donors (Lipinski definition) is 2. The highest BCUT2D eigenvalue weighted by Gasteiger charge is 2.15. The van der Waals surface area contributed by atoms with E-state index >= 15 is 0 Å². The van der Waals surface area contributed by atoms with Crippen LogP contribution >= 0.6 is 0 Å². The van der Waals surface area contributed by atoms with Crippen LogP contribution in [0, 0.1) is 0 Å². The summed E-state index contributed by atoms with van der Waals surface area (Å²) in [6.07, 6.45) is -0.668. The highest BCUT2D eigenvalue weighted by atomic mass is 16.5. The Morgan fingerprint density at radius 2 is 1.38 bits per heavy atom. The van der Waals surface area contributed by atoms with Crippen LogP contribution in [0.4, 0.5) is 11.4 Å². The molecule has 6 nitrogen and oxygen atoms in total. The van der Waals surface area contributed by atoms with E-state index in [0.29, 0.717) is 17.1 Å². The normalized spacial score (nSPS) is 11.3. The lowest BCUT2D eigenvalue weighted by atomic mass is 10.2. The lowest BCUT2D eigenvalue weighted by Crippen LogP contribution is -2.30. The van der Waals surface area contributed by atoms with Crippen molar-refractivity contribution in [3.63, 3.8) is 0 Å². The second-order valence-corrected chi connectivity index (χ2v) is 5.18. The minimum absolute atomic E-state index is 0.143. The summed E-state index contributed by atoms with van der Waals surface area (Å²) in [5.74, 6) is 0.861. The zero-order valence-electron chi connectivity index (χ0n) is 13.8. The van der Waals surface area contributed by atoms with Gasteiger partial charge in [-0.1, -0.05) is 0 Å². The van der Waals surface area contributed by atoms with Crippen molar-refractivity contribution in [1.29, 1.82) is 0 Å². The van der Waals surface area contributed by atoms with Gasteiger partial charge in [0.25, 0.3) is 5.91 Å². The zero-order valence-corrected chi connectivity index (χ0v) is 13.8. The van der Waals surface area contributed by atoms with Crippen LogP contribution in [0.5, 0.6) is 11.5 Å². The number of carbonyl (C=O) groups is 2. The summed E-state index contributed by atoms with van der Waals surface area (Å²) in [6.45, 7) is 3.11. The van der Waals surface area contributed by atoms with Gasteiger partial charge in [-0.2, -0.15) is 0 Å². The van der Waals surface area contributed by atoms with E-state index in [0.717, 1.165) is 5.75 Å². The van der Waals surface area contributed by atoms with E-state index < -0.39 is 6.10 Å². The first-order valence-electron chi connectivity index (χ1n) is 7.47. The first-order chi connectivity index (χ1) is 11.5. The lowest BCUT2D eigenvalue weighted by molar-refractivity contribution is -0.122. The first kappa shape index (κ1) is 17.3. The molecule has 0 fully saturated rings.